The van der Waals surface area contributed by atoms with Gasteiger partial charge >= 0.3 is 0 Å². The summed E-state index contributed by atoms with van der Waals surface area (Å²) < 4.78 is 6.57. The summed E-state index contributed by atoms with van der Waals surface area (Å²) in [5.74, 6) is 3.46. The number of imide groups is 1. The topological polar surface area (TPSA) is 75.7 Å². The van der Waals surface area contributed by atoms with Gasteiger partial charge in [-0.1, -0.05) is 51.0 Å². The van der Waals surface area contributed by atoms with Crippen LogP contribution in [0.5, 0.6) is 5.75 Å². The molecule has 5 atom stereocenters. The molecule has 1 saturated heterocycles. The lowest BCUT2D eigenvalue weighted by atomic mass is 9.59. The number of rotatable bonds is 4. The van der Waals surface area contributed by atoms with E-state index in [0.717, 1.165) is 47.8 Å². The Labute approximate surface area is 201 Å². The molecule has 4 fully saturated rings. The summed E-state index contributed by atoms with van der Waals surface area (Å²) in [5, 5.41) is 2.38. The summed E-state index contributed by atoms with van der Waals surface area (Å²) in [6.07, 6.45) is 14.4. The first-order chi connectivity index (χ1) is 16.6. The summed E-state index contributed by atoms with van der Waals surface area (Å²) >= 11 is 0. The number of ether oxygens (including phenoxy) is 1. The van der Waals surface area contributed by atoms with Crippen LogP contribution in [0.2, 0.25) is 0 Å². The van der Waals surface area contributed by atoms with E-state index in [1.54, 1.807) is 4.90 Å². The second kappa shape index (κ2) is 9.01. The number of nitrogens with zero attached hydrogens (tertiary/aromatic N) is 1. The van der Waals surface area contributed by atoms with Gasteiger partial charge in [0.25, 0.3) is 5.91 Å². The van der Waals surface area contributed by atoms with Gasteiger partial charge in [-0.2, -0.15) is 0 Å². The first kappa shape index (κ1) is 22.1. The fraction of sp³-hybridized carbons (Fsp3) is 0.679. The second-order valence-corrected chi connectivity index (χ2v) is 11.3. The number of amides is 3. The van der Waals surface area contributed by atoms with Gasteiger partial charge < -0.3 is 9.64 Å². The minimum atomic E-state index is -0.586. The molecule has 34 heavy (non-hydrogen) atoms. The Kier molecular flexibility index (Phi) is 5.86. The lowest BCUT2D eigenvalue weighted by molar-refractivity contribution is -0.136. The van der Waals surface area contributed by atoms with E-state index >= 15 is 0 Å². The van der Waals surface area contributed by atoms with E-state index < -0.39 is 6.04 Å². The van der Waals surface area contributed by atoms with Crippen molar-refractivity contribution in [2.45, 2.75) is 95.7 Å². The molecule has 6 nitrogen and oxygen atoms in total. The third-order valence-electron chi connectivity index (χ3n) is 9.42. The van der Waals surface area contributed by atoms with E-state index in [2.05, 4.69) is 5.32 Å². The van der Waals surface area contributed by atoms with Crippen molar-refractivity contribution in [2.75, 3.05) is 0 Å². The van der Waals surface area contributed by atoms with Crippen molar-refractivity contribution in [3.8, 4) is 5.75 Å². The van der Waals surface area contributed by atoms with Crippen LogP contribution in [0.25, 0.3) is 0 Å². The number of piperidine rings is 1. The van der Waals surface area contributed by atoms with E-state index in [-0.39, 0.29) is 30.2 Å². The number of benzene rings is 1. The van der Waals surface area contributed by atoms with E-state index in [1.807, 2.05) is 18.2 Å². The lowest BCUT2D eigenvalue weighted by Gasteiger charge is -2.45. The van der Waals surface area contributed by atoms with E-state index in [4.69, 9.17) is 4.74 Å². The van der Waals surface area contributed by atoms with E-state index in [9.17, 15) is 14.4 Å². The van der Waals surface area contributed by atoms with Crippen LogP contribution in [0.15, 0.2) is 18.2 Å². The first-order valence-electron chi connectivity index (χ1n) is 13.5. The molecule has 5 unspecified atom stereocenters. The Morgan fingerprint density at radius 1 is 0.853 bits per heavy atom. The van der Waals surface area contributed by atoms with Crippen LogP contribution in [0.3, 0.4) is 0 Å². The molecule has 2 aliphatic heterocycles. The average molecular weight is 465 g/mol. The molecule has 0 bridgehead atoms. The normalized spacial score (nSPS) is 34.1. The summed E-state index contributed by atoms with van der Waals surface area (Å²) in [7, 11) is 0. The standard InChI is InChI=1S/C28H36N2O4/c31-26-12-11-24(27(32)29-26)30-16-23-20(28(30)33)9-6-10-25(23)34-19-13-18-14-21(22(18)15-19)17-7-4-2-1-3-5-8-17/h6,9-10,17-19,21-22,24H,1-5,7-8,11-16H2,(H,29,31,32). The van der Waals surface area contributed by atoms with Gasteiger partial charge in [-0.25, -0.2) is 0 Å². The number of nitrogens with one attached hydrogen (secondary N) is 1. The van der Waals surface area contributed by atoms with Gasteiger partial charge in [0.05, 0.1) is 12.6 Å². The van der Waals surface area contributed by atoms with Gasteiger partial charge in [0, 0.05) is 17.5 Å². The number of carbonyl (C=O) groups excluding carboxylic acids is 3. The van der Waals surface area contributed by atoms with Crippen molar-refractivity contribution in [3.05, 3.63) is 29.3 Å². The quantitative estimate of drug-likeness (QED) is 0.661. The highest BCUT2D eigenvalue weighted by Gasteiger charge is 2.51. The van der Waals surface area contributed by atoms with Gasteiger partial charge in [0.1, 0.15) is 11.8 Å². The molecule has 182 valence electrons. The molecule has 6 heteroatoms. The molecule has 1 N–H and O–H groups in total. The van der Waals surface area contributed by atoms with Crippen molar-refractivity contribution in [2.24, 2.45) is 23.7 Å². The molecular weight excluding hydrogens is 428 g/mol. The summed E-state index contributed by atoms with van der Waals surface area (Å²) in [4.78, 5) is 38.6. The molecule has 0 radical (unpaired) electrons. The van der Waals surface area contributed by atoms with Crippen LogP contribution >= 0.6 is 0 Å². The molecule has 3 amide bonds. The fourth-order valence-electron chi connectivity index (χ4n) is 7.63. The van der Waals surface area contributed by atoms with Gasteiger partial charge in [0.2, 0.25) is 11.8 Å². The van der Waals surface area contributed by atoms with Gasteiger partial charge in [-0.3, -0.25) is 19.7 Å². The second-order valence-electron chi connectivity index (χ2n) is 11.3. The molecule has 6 rings (SSSR count). The smallest absolute Gasteiger partial charge is 0.255 e. The maximum Gasteiger partial charge on any atom is 0.255 e. The Balaban J connectivity index is 1.12. The number of fused-ring (bicyclic) bond motifs is 2. The zero-order valence-electron chi connectivity index (χ0n) is 20.0. The van der Waals surface area contributed by atoms with Crippen LogP contribution in [-0.2, 0) is 16.1 Å². The number of carbonyl (C=O) groups is 3. The fourth-order valence-corrected chi connectivity index (χ4v) is 7.63. The zero-order valence-corrected chi connectivity index (χ0v) is 20.0. The Morgan fingerprint density at radius 3 is 2.41 bits per heavy atom. The first-order valence-corrected chi connectivity index (χ1v) is 13.5. The van der Waals surface area contributed by atoms with Crippen molar-refractivity contribution < 1.29 is 19.1 Å². The van der Waals surface area contributed by atoms with Crippen LogP contribution in [0, 0.1) is 23.7 Å². The van der Waals surface area contributed by atoms with Crippen molar-refractivity contribution in [1.82, 2.24) is 10.2 Å². The van der Waals surface area contributed by atoms with Crippen molar-refractivity contribution in [3.63, 3.8) is 0 Å². The Morgan fingerprint density at radius 2 is 1.62 bits per heavy atom. The third kappa shape index (κ3) is 3.93. The van der Waals surface area contributed by atoms with Crippen LogP contribution in [0.4, 0.5) is 0 Å². The minimum Gasteiger partial charge on any atom is -0.490 e. The summed E-state index contributed by atoms with van der Waals surface area (Å²) in [6, 6.07) is 5.12. The van der Waals surface area contributed by atoms with Crippen LogP contribution in [-0.4, -0.2) is 34.8 Å². The summed E-state index contributed by atoms with van der Waals surface area (Å²) in [6.45, 7) is 0.376. The van der Waals surface area contributed by atoms with Crippen LogP contribution < -0.4 is 10.1 Å². The largest absolute Gasteiger partial charge is 0.490 e. The van der Waals surface area contributed by atoms with Crippen molar-refractivity contribution >= 4 is 17.7 Å². The van der Waals surface area contributed by atoms with E-state index in [1.165, 1.54) is 51.4 Å². The molecule has 3 aliphatic carbocycles. The molecule has 3 saturated carbocycles. The Bertz CT molecular complexity index is 983. The number of hydrogen-bond acceptors (Lipinski definition) is 4. The maximum atomic E-state index is 13.1. The molecule has 5 aliphatic rings. The zero-order chi connectivity index (χ0) is 23.2. The number of hydrogen-bond donors (Lipinski definition) is 1. The highest BCUT2D eigenvalue weighted by atomic mass is 16.5. The van der Waals surface area contributed by atoms with Crippen LogP contribution in [0.1, 0.15) is 93.0 Å². The monoisotopic (exact) mass is 464 g/mol. The van der Waals surface area contributed by atoms with Gasteiger partial charge in [0.15, 0.2) is 0 Å². The highest BCUT2D eigenvalue weighted by Crippen LogP contribution is 2.56. The molecule has 0 spiro atoms. The molecule has 1 aromatic carbocycles. The predicted octanol–water partition coefficient (Wildman–Crippen LogP) is 4.60. The Hall–Kier alpha value is -2.37. The average Bonchev–Trinajstić information content (AvgIpc) is 3.28. The predicted molar refractivity (Wildman–Crippen MR) is 127 cm³/mol. The van der Waals surface area contributed by atoms with Gasteiger partial charge in [-0.05, 0) is 61.5 Å². The third-order valence-corrected chi connectivity index (χ3v) is 9.42. The SMILES string of the molecule is O=C1CCC(N2Cc3c(OC4CC5CC(C6CCCCCCC6)C5C4)cccc3C2=O)C(=O)N1. The van der Waals surface area contributed by atoms with Crippen molar-refractivity contribution in [1.29, 1.82) is 0 Å². The highest BCUT2D eigenvalue weighted by molar-refractivity contribution is 6.05. The maximum absolute atomic E-state index is 13.1. The molecule has 1 aromatic rings. The van der Waals surface area contributed by atoms with E-state index in [0.29, 0.717) is 18.5 Å². The van der Waals surface area contributed by atoms with Gasteiger partial charge in [-0.15, -0.1) is 0 Å². The molecule has 0 aromatic heterocycles. The molecular formula is C28H36N2O4. The minimum absolute atomic E-state index is 0.134. The molecule has 2 heterocycles. The summed E-state index contributed by atoms with van der Waals surface area (Å²) in [5.41, 5.74) is 1.53. The lowest BCUT2D eigenvalue weighted by Crippen LogP contribution is -2.52.